The quantitative estimate of drug-likeness (QED) is 0.159. The van der Waals surface area contributed by atoms with Gasteiger partial charge in [-0.15, -0.1) is 0 Å². The molecule has 15 nitrogen and oxygen atoms in total. The molecule has 9 N–H and O–H groups in total. The summed E-state index contributed by atoms with van der Waals surface area (Å²) in [7, 11) is 0. The summed E-state index contributed by atoms with van der Waals surface area (Å²) >= 11 is 0. The van der Waals surface area contributed by atoms with Crippen LogP contribution in [0.1, 0.15) is 6.92 Å². The Bertz CT molecular complexity index is 1470. The molecular weight excluding hydrogens is 564 g/mol. The molecule has 0 aliphatic carbocycles. The highest BCUT2D eigenvalue weighted by molar-refractivity contribution is 5.88. The summed E-state index contributed by atoms with van der Waals surface area (Å²) in [6, 6.07) is 7.54. The SMILES string of the molecule is C[C@@H]1O[C@@H](O[C@H]2[C@H](Oc3cc(O)c4c(=O)c(O)c(-c5ccc(O)cc5)oc4c3)O[C@H](CO)[C@H](O)[C@@H]2O)[C@H](O)[C@H](O)[C@@H]1O. The van der Waals surface area contributed by atoms with Crippen molar-refractivity contribution in [2.24, 2.45) is 0 Å². The van der Waals surface area contributed by atoms with E-state index in [1.165, 1.54) is 37.3 Å². The second kappa shape index (κ2) is 11.6. The van der Waals surface area contributed by atoms with Gasteiger partial charge in [0.1, 0.15) is 64.8 Å². The van der Waals surface area contributed by atoms with Crippen molar-refractivity contribution in [1.29, 1.82) is 0 Å². The van der Waals surface area contributed by atoms with E-state index in [2.05, 4.69) is 0 Å². The Morgan fingerprint density at radius 3 is 2.19 bits per heavy atom. The number of hydrogen-bond acceptors (Lipinski definition) is 15. The van der Waals surface area contributed by atoms with Gasteiger partial charge in [-0.2, -0.15) is 0 Å². The Balaban J connectivity index is 1.50. The van der Waals surface area contributed by atoms with Gasteiger partial charge in [-0.25, -0.2) is 0 Å². The Kier molecular flexibility index (Phi) is 8.30. The maximum absolute atomic E-state index is 12.9. The Morgan fingerprint density at radius 2 is 1.52 bits per heavy atom. The Morgan fingerprint density at radius 1 is 0.833 bits per heavy atom. The minimum absolute atomic E-state index is 0.0706. The van der Waals surface area contributed by atoms with Crippen molar-refractivity contribution >= 4 is 11.0 Å². The molecule has 2 aromatic carbocycles. The summed E-state index contributed by atoms with van der Waals surface area (Å²) in [5, 5.41) is 91.7. The van der Waals surface area contributed by atoms with E-state index in [-0.39, 0.29) is 33.8 Å². The summed E-state index contributed by atoms with van der Waals surface area (Å²) in [5.74, 6) is -2.00. The molecule has 0 radical (unpaired) electrons. The van der Waals surface area contributed by atoms with Gasteiger partial charge >= 0.3 is 0 Å². The largest absolute Gasteiger partial charge is 0.508 e. The number of phenols is 2. The van der Waals surface area contributed by atoms with Crippen molar-refractivity contribution in [3.8, 4) is 34.3 Å². The molecule has 3 aromatic rings. The molecule has 2 aliphatic rings. The molecule has 2 aliphatic heterocycles. The Labute approximate surface area is 236 Å². The smallest absolute Gasteiger partial charge is 0.238 e. The van der Waals surface area contributed by atoms with Crippen molar-refractivity contribution in [3.05, 3.63) is 46.6 Å². The highest BCUT2D eigenvalue weighted by Gasteiger charge is 2.51. The van der Waals surface area contributed by atoms with Crippen LogP contribution in [-0.4, -0.2) is 114 Å². The lowest BCUT2D eigenvalue weighted by molar-refractivity contribution is -0.354. The molecule has 0 amide bonds. The van der Waals surface area contributed by atoms with Crippen LogP contribution in [0.25, 0.3) is 22.3 Å². The van der Waals surface area contributed by atoms with Crippen LogP contribution >= 0.6 is 0 Å². The van der Waals surface area contributed by atoms with Gasteiger partial charge in [-0.1, -0.05) is 0 Å². The molecule has 42 heavy (non-hydrogen) atoms. The normalized spacial score (nSPS) is 33.5. The minimum Gasteiger partial charge on any atom is -0.508 e. The average molecular weight is 595 g/mol. The number of benzene rings is 2. The van der Waals surface area contributed by atoms with E-state index in [0.29, 0.717) is 0 Å². The maximum Gasteiger partial charge on any atom is 0.238 e. The van der Waals surface area contributed by atoms with E-state index in [1.807, 2.05) is 0 Å². The van der Waals surface area contributed by atoms with Crippen molar-refractivity contribution < 1.29 is 69.3 Å². The van der Waals surface area contributed by atoms with Crippen LogP contribution in [0.4, 0.5) is 0 Å². The number of aromatic hydroxyl groups is 3. The fraction of sp³-hybridized carbons (Fsp3) is 0.444. The second-order valence-corrected chi connectivity index (χ2v) is 10.1. The zero-order valence-corrected chi connectivity index (χ0v) is 21.9. The van der Waals surface area contributed by atoms with Crippen LogP contribution in [0.3, 0.4) is 0 Å². The van der Waals surface area contributed by atoms with Gasteiger partial charge in [0.25, 0.3) is 0 Å². The summed E-state index contributed by atoms with van der Waals surface area (Å²) in [6.07, 6.45) is -15.6. The third-order valence-corrected chi connectivity index (χ3v) is 7.23. The fourth-order valence-electron chi connectivity index (χ4n) is 4.85. The van der Waals surface area contributed by atoms with E-state index in [4.69, 9.17) is 23.4 Å². The van der Waals surface area contributed by atoms with Gasteiger partial charge in [-0.3, -0.25) is 4.79 Å². The zero-order valence-electron chi connectivity index (χ0n) is 21.9. The van der Waals surface area contributed by atoms with Crippen molar-refractivity contribution in [3.63, 3.8) is 0 Å². The molecule has 15 heteroatoms. The monoisotopic (exact) mass is 594 g/mol. The van der Waals surface area contributed by atoms with Crippen LogP contribution in [0.5, 0.6) is 23.0 Å². The van der Waals surface area contributed by atoms with Crippen molar-refractivity contribution in [1.82, 2.24) is 0 Å². The predicted molar refractivity (Wildman–Crippen MR) is 139 cm³/mol. The molecule has 1 aromatic heterocycles. The third kappa shape index (κ3) is 5.37. The molecule has 228 valence electrons. The van der Waals surface area contributed by atoms with E-state index in [9.17, 15) is 50.8 Å². The zero-order chi connectivity index (χ0) is 30.5. The number of fused-ring (bicyclic) bond motifs is 1. The number of aliphatic hydroxyl groups is 6. The van der Waals surface area contributed by atoms with E-state index in [1.54, 1.807) is 0 Å². The topological polar surface area (TPSA) is 249 Å². The van der Waals surface area contributed by atoms with E-state index < -0.39 is 84.9 Å². The number of ether oxygens (including phenoxy) is 4. The third-order valence-electron chi connectivity index (χ3n) is 7.23. The van der Waals surface area contributed by atoms with Gasteiger partial charge in [0.15, 0.2) is 18.2 Å². The lowest BCUT2D eigenvalue weighted by Crippen LogP contribution is -2.64. The summed E-state index contributed by atoms with van der Waals surface area (Å²) in [4.78, 5) is 12.9. The van der Waals surface area contributed by atoms with Gasteiger partial charge in [0, 0.05) is 17.7 Å². The first-order chi connectivity index (χ1) is 19.9. The molecule has 10 atom stereocenters. The molecule has 5 rings (SSSR count). The molecule has 2 fully saturated rings. The van der Waals surface area contributed by atoms with Gasteiger partial charge in [0.2, 0.25) is 17.5 Å². The summed E-state index contributed by atoms with van der Waals surface area (Å²) in [6.45, 7) is 0.660. The summed E-state index contributed by atoms with van der Waals surface area (Å²) in [5.41, 5.74) is -0.967. The fourth-order valence-corrected chi connectivity index (χ4v) is 4.85. The molecule has 2 saturated heterocycles. The molecule has 0 bridgehead atoms. The lowest BCUT2D eigenvalue weighted by Gasteiger charge is -2.45. The molecule has 3 heterocycles. The average Bonchev–Trinajstić information content (AvgIpc) is 2.96. The van der Waals surface area contributed by atoms with E-state index in [0.717, 1.165) is 6.07 Å². The minimum atomic E-state index is -1.79. The number of hydrogen-bond donors (Lipinski definition) is 9. The molecule has 0 unspecified atom stereocenters. The van der Waals surface area contributed by atoms with Crippen molar-refractivity contribution in [2.75, 3.05) is 6.61 Å². The Hall–Kier alpha value is -3.51. The first-order valence-electron chi connectivity index (χ1n) is 12.9. The van der Waals surface area contributed by atoms with Crippen LogP contribution in [0.15, 0.2) is 45.6 Å². The number of aliphatic hydroxyl groups excluding tert-OH is 6. The standard InChI is InChI=1S/C27H30O15/c1-9-17(31)20(34)23(37)26(38-9)42-25-21(35)18(32)15(8-28)41-27(25)39-12-6-13(30)16-14(7-12)40-24(22(36)19(16)33)10-2-4-11(29)5-3-10/h2-7,9,15,17-18,20-21,23,25-32,34-37H,8H2,1H3/t9-,15+,17+,18-,20+,21-,23+,25+,26-,27+/m0/s1. The molecule has 0 saturated carbocycles. The molecular formula is C27H30O15. The number of rotatable bonds is 6. The van der Waals surface area contributed by atoms with Gasteiger partial charge < -0.3 is 69.3 Å². The van der Waals surface area contributed by atoms with Crippen LogP contribution < -0.4 is 10.2 Å². The van der Waals surface area contributed by atoms with Gasteiger partial charge in [-0.05, 0) is 31.2 Å². The first kappa shape index (κ1) is 30.0. The van der Waals surface area contributed by atoms with Crippen LogP contribution in [0, 0.1) is 0 Å². The predicted octanol–water partition coefficient (Wildman–Crippen LogP) is -1.39. The first-order valence-corrected chi connectivity index (χ1v) is 12.9. The second-order valence-electron chi connectivity index (χ2n) is 10.1. The molecule has 0 spiro atoms. The van der Waals surface area contributed by atoms with Crippen LogP contribution in [0.2, 0.25) is 0 Å². The lowest BCUT2D eigenvalue weighted by atomic mass is 9.97. The highest BCUT2D eigenvalue weighted by Crippen LogP contribution is 2.37. The van der Waals surface area contributed by atoms with Crippen molar-refractivity contribution in [2.45, 2.75) is 68.3 Å². The van der Waals surface area contributed by atoms with Gasteiger partial charge in [0.05, 0.1) is 12.7 Å². The van der Waals surface area contributed by atoms with E-state index >= 15 is 0 Å². The van der Waals surface area contributed by atoms with Crippen LogP contribution in [-0.2, 0) is 14.2 Å². The number of phenolic OH excluding ortho intramolecular Hbond substituents is 2. The maximum atomic E-state index is 12.9. The summed E-state index contributed by atoms with van der Waals surface area (Å²) < 4.78 is 28.2. The highest BCUT2D eigenvalue weighted by atomic mass is 16.8.